The Kier molecular flexibility index (Phi) is 2.52. The highest BCUT2D eigenvalue weighted by Gasteiger charge is 2.12. The highest BCUT2D eigenvalue weighted by atomic mass is 79.9. The Morgan fingerprint density at radius 2 is 1.73 bits per heavy atom. The maximum absolute atomic E-state index is 9.02. The number of hydrogen-bond donors (Lipinski definition) is 2. The zero-order chi connectivity index (χ0) is 8.59. The highest BCUT2D eigenvalue weighted by Crippen LogP contribution is 2.42. The van der Waals surface area contributed by atoms with Gasteiger partial charge in [0.2, 0.25) is 0 Å². The molecule has 0 saturated carbocycles. The number of benzene rings is 1. The van der Waals surface area contributed by atoms with Gasteiger partial charge in [-0.15, -0.1) is 0 Å². The number of phenols is 2. The number of phenolic OH excluding ortho intramolecular Hbond substituents is 2. The Morgan fingerprint density at radius 3 is 2.27 bits per heavy atom. The summed E-state index contributed by atoms with van der Waals surface area (Å²) in [4.78, 5) is 0. The van der Waals surface area contributed by atoms with Crippen molar-refractivity contribution >= 4 is 39.1 Å². The van der Waals surface area contributed by atoms with Gasteiger partial charge in [-0.1, -0.05) is 23.2 Å². The van der Waals surface area contributed by atoms with Crippen molar-refractivity contribution in [2.75, 3.05) is 0 Å². The van der Waals surface area contributed by atoms with Gasteiger partial charge in [0.15, 0.2) is 11.5 Å². The molecule has 0 aliphatic carbocycles. The van der Waals surface area contributed by atoms with Gasteiger partial charge in [-0.05, 0) is 22.0 Å². The summed E-state index contributed by atoms with van der Waals surface area (Å²) in [6, 6.07) is 1.27. The number of hydrogen-bond acceptors (Lipinski definition) is 2. The lowest BCUT2D eigenvalue weighted by Crippen LogP contribution is -1.75. The van der Waals surface area contributed by atoms with Crippen molar-refractivity contribution in [3.8, 4) is 11.5 Å². The lowest BCUT2D eigenvalue weighted by atomic mass is 10.3. The van der Waals surface area contributed by atoms with Crippen LogP contribution >= 0.6 is 39.1 Å². The molecule has 0 spiro atoms. The van der Waals surface area contributed by atoms with Gasteiger partial charge < -0.3 is 10.2 Å². The standard InChI is InChI=1S/C6H3BrCl2O2/c7-2-1-3(10)6(11)5(9)4(2)8/h1,10-11H. The lowest BCUT2D eigenvalue weighted by molar-refractivity contribution is 0.403. The molecule has 0 radical (unpaired) electrons. The largest absolute Gasteiger partial charge is 0.504 e. The second-order valence-corrected chi connectivity index (χ2v) is 3.46. The first kappa shape index (κ1) is 8.97. The van der Waals surface area contributed by atoms with Gasteiger partial charge in [0.1, 0.15) is 5.02 Å². The van der Waals surface area contributed by atoms with Gasteiger partial charge in [-0.25, -0.2) is 0 Å². The molecule has 0 aliphatic rings. The molecule has 1 rings (SSSR count). The molecule has 2 nitrogen and oxygen atoms in total. The van der Waals surface area contributed by atoms with Crippen molar-refractivity contribution in [2.45, 2.75) is 0 Å². The van der Waals surface area contributed by atoms with E-state index in [1.165, 1.54) is 6.07 Å². The average Bonchev–Trinajstić information content (AvgIpc) is 1.97. The molecule has 0 fully saturated rings. The van der Waals surface area contributed by atoms with Crippen LogP contribution in [0.2, 0.25) is 10.0 Å². The van der Waals surface area contributed by atoms with E-state index in [9.17, 15) is 0 Å². The van der Waals surface area contributed by atoms with Gasteiger partial charge in [-0.2, -0.15) is 0 Å². The van der Waals surface area contributed by atoms with Crippen LogP contribution in [0.25, 0.3) is 0 Å². The molecule has 0 heterocycles. The minimum Gasteiger partial charge on any atom is -0.504 e. The highest BCUT2D eigenvalue weighted by molar-refractivity contribution is 9.10. The molecule has 0 atom stereocenters. The van der Waals surface area contributed by atoms with Crippen LogP contribution in [0.15, 0.2) is 10.5 Å². The first-order valence-corrected chi connectivity index (χ1v) is 4.14. The van der Waals surface area contributed by atoms with Crippen LogP contribution in [0.1, 0.15) is 0 Å². The second kappa shape index (κ2) is 3.09. The number of rotatable bonds is 0. The van der Waals surface area contributed by atoms with E-state index in [-0.39, 0.29) is 15.8 Å². The Balaban J connectivity index is 3.46. The molecule has 2 N–H and O–H groups in total. The number of aromatic hydroxyl groups is 2. The molecule has 0 amide bonds. The van der Waals surface area contributed by atoms with Crippen LogP contribution in [0.3, 0.4) is 0 Å². The molecule has 11 heavy (non-hydrogen) atoms. The van der Waals surface area contributed by atoms with Crippen LogP contribution in [-0.2, 0) is 0 Å². The van der Waals surface area contributed by atoms with Crippen LogP contribution in [0.4, 0.5) is 0 Å². The molecule has 60 valence electrons. The van der Waals surface area contributed by atoms with Crippen molar-refractivity contribution in [1.82, 2.24) is 0 Å². The molecule has 5 heteroatoms. The third kappa shape index (κ3) is 1.55. The summed E-state index contributed by atoms with van der Waals surface area (Å²) in [5, 5.41) is 18.1. The maximum Gasteiger partial charge on any atom is 0.178 e. The van der Waals surface area contributed by atoms with Crippen LogP contribution in [-0.4, -0.2) is 10.2 Å². The summed E-state index contributed by atoms with van der Waals surface area (Å²) in [7, 11) is 0. The molecular formula is C6H3BrCl2O2. The zero-order valence-corrected chi connectivity index (χ0v) is 8.20. The molecular weight excluding hydrogens is 255 g/mol. The molecule has 1 aromatic carbocycles. The van der Waals surface area contributed by atoms with Crippen molar-refractivity contribution in [1.29, 1.82) is 0 Å². The molecule has 0 aromatic heterocycles. The second-order valence-electron chi connectivity index (χ2n) is 1.85. The van der Waals surface area contributed by atoms with Crippen LogP contribution < -0.4 is 0 Å². The molecule has 1 aromatic rings. The lowest BCUT2D eigenvalue weighted by Gasteiger charge is -2.03. The van der Waals surface area contributed by atoms with Gasteiger partial charge in [0, 0.05) is 4.47 Å². The predicted octanol–water partition coefficient (Wildman–Crippen LogP) is 3.17. The van der Waals surface area contributed by atoms with Crippen molar-refractivity contribution in [2.24, 2.45) is 0 Å². The van der Waals surface area contributed by atoms with Crippen LogP contribution in [0, 0.1) is 0 Å². The fraction of sp³-hybridized carbons (Fsp3) is 0. The molecule has 0 aliphatic heterocycles. The summed E-state index contributed by atoms with van der Waals surface area (Å²) >= 11 is 14.2. The van der Waals surface area contributed by atoms with E-state index in [1.54, 1.807) is 0 Å². The fourth-order valence-electron chi connectivity index (χ4n) is 0.573. The Labute approximate surface area is 81.5 Å². The number of halogens is 3. The molecule has 0 unspecified atom stereocenters. The molecule has 0 bridgehead atoms. The minimum atomic E-state index is -0.403. The van der Waals surface area contributed by atoms with E-state index in [2.05, 4.69) is 15.9 Å². The van der Waals surface area contributed by atoms with Gasteiger partial charge in [0.25, 0.3) is 0 Å². The quantitative estimate of drug-likeness (QED) is 0.554. The maximum atomic E-state index is 9.02. The SMILES string of the molecule is Oc1cc(Br)c(Cl)c(Cl)c1O. The summed E-state index contributed by atoms with van der Waals surface area (Å²) in [6.07, 6.45) is 0. The van der Waals surface area contributed by atoms with E-state index >= 15 is 0 Å². The summed E-state index contributed by atoms with van der Waals surface area (Å²) in [5.74, 6) is -0.703. The fourth-order valence-corrected chi connectivity index (χ4v) is 1.44. The monoisotopic (exact) mass is 256 g/mol. The van der Waals surface area contributed by atoms with Gasteiger partial charge in [0.05, 0.1) is 5.02 Å². The first-order chi connectivity index (χ1) is 5.04. The van der Waals surface area contributed by atoms with E-state index in [0.29, 0.717) is 4.47 Å². The summed E-state index contributed by atoms with van der Waals surface area (Å²) < 4.78 is 0.444. The zero-order valence-electron chi connectivity index (χ0n) is 5.11. The smallest absolute Gasteiger partial charge is 0.178 e. The summed E-state index contributed by atoms with van der Waals surface area (Å²) in [5.41, 5.74) is 0. The van der Waals surface area contributed by atoms with Gasteiger partial charge >= 0.3 is 0 Å². The average molecular weight is 258 g/mol. The van der Waals surface area contributed by atoms with Crippen molar-refractivity contribution in [3.05, 3.63) is 20.6 Å². The summed E-state index contributed by atoms with van der Waals surface area (Å²) in [6.45, 7) is 0. The minimum absolute atomic E-state index is 0.0569. The van der Waals surface area contributed by atoms with E-state index in [4.69, 9.17) is 33.4 Å². The van der Waals surface area contributed by atoms with Crippen molar-refractivity contribution in [3.63, 3.8) is 0 Å². The third-order valence-electron chi connectivity index (χ3n) is 1.12. The Bertz CT molecular complexity index is 275. The Morgan fingerprint density at radius 1 is 1.18 bits per heavy atom. The molecule has 0 saturated heterocycles. The third-order valence-corrected chi connectivity index (χ3v) is 2.83. The van der Waals surface area contributed by atoms with Crippen molar-refractivity contribution < 1.29 is 10.2 Å². The first-order valence-electron chi connectivity index (χ1n) is 2.59. The van der Waals surface area contributed by atoms with Gasteiger partial charge in [-0.3, -0.25) is 0 Å². The predicted molar refractivity (Wildman–Crippen MR) is 47.5 cm³/mol. The normalized spacial score (nSPS) is 10.1. The van der Waals surface area contributed by atoms with E-state index in [1.807, 2.05) is 0 Å². The van der Waals surface area contributed by atoms with Crippen LogP contribution in [0.5, 0.6) is 11.5 Å². The Hall–Kier alpha value is -0.120. The van der Waals surface area contributed by atoms with E-state index < -0.39 is 5.75 Å². The van der Waals surface area contributed by atoms with E-state index in [0.717, 1.165) is 0 Å². The topological polar surface area (TPSA) is 40.5 Å².